The molecule has 0 saturated carbocycles. The first-order chi connectivity index (χ1) is 15.1. The van der Waals surface area contributed by atoms with E-state index in [0.717, 1.165) is 4.90 Å². The molecule has 1 aromatic carbocycles. The zero-order chi connectivity index (χ0) is 23.2. The van der Waals surface area contributed by atoms with Gasteiger partial charge in [0.2, 0.25) is 0 Å². The van der Waals surface area contributed by atoms with Crippen molar-refractivity contribution in [2.75, 3.05) is 13.1 Å². The normalized spacial score (nSPS) is 16.5. The zero-order valence-corrected chi connectivity index (χ0v) is 16.7. The maximum atomic E-state index is 13.7. The van der Waals surface area contributed by atoms with Crippen molar-refractivity contribution in [2.24, 2.45) is 0 Å². The van der Waals surface area contributed by atoms with Crippen LogP contribution in [-0.4, -0.2) is 55.7 Å². The van der Waals surface area contributed by atoms with Crippen molar-refractivity contribution < 1.29 is 27.9 Å². The van der Waals surface area contributed by atoms with E-state index in [2.05, 4.69) is 15.4 Å². The van der Waals surface area contributed by atoms with Gasteiger partial charge in [-0.15, -0.1) is 0 Å². The number of nitrogens with one attached hydrogen (secondary N) is 2. The third-order valence-corrected chi connectivity index (χ3v) is 5.32. The van der Waals surface area contributed by atoms with Crippen molar-refractivity contribution in [1.82, 2.24) is 24.8 Å². The predicted octanol–water partition coefficient (Wildman–Crippen LogP) is 2.50. The van der Waals surface area contributed by atoms with Crippen molar-refractivity contribution in [2.45, 2.75) is 25.6 Å². The van der Waals surface area contributed by atoms with E-state index in [4.69, 9.17) is 5.11 Å². The van der Waals surface area contributed by atoms with Crippen LogP contribution in [0.1, 0.15) is 28.2 Å². The van der Waals surface area contributed by atoms with Crippen molar-refractivity contribution in [3.8, 4) is 11.1 Å². The molecule has 3 N–H and O–H groups in total. The van der Waals surface area contributed by atoms with E-state index in [-0.39, 0.29) is 41.1 Å². The Balaban J connectivity index is 1.80. The molecule has 2 amide bonds. The summed E-state index contributed by atoms with van der Waals surface area (Å²) in [5.41, 5.74) is -2.84. The first-order valence-corrected chi connectivity index (χ1v) is 9.65. The van der Waals surface area contributed by atoms with Crippen molar-refractivity contribution in [3.05, 3.63) is 57.6 Å². The van der Waals surface area contributed by atoms with Crippen molar-refractivity contribution in [3.63, 3.8) is 0 Å². The van der Waals surface area contributed by atoms with Crippen LogP contribution >= 0.6 is 0 Å². The van der Waals surface area contributed by atoms with Crippen LogP contribution in [0.15, 0.2) is 35.1 Å². The molecule has 1 aliphatic heterocycles. The minimum absolute atomic E-state index is 0.0540. The number of nitrogens with zero attached hydrogens (tertiary/aromatic N) is 3. The quantitative estimate of drug-likeness (QED) is 0.568. The Kier molecular flexibility index (Phi) is 5.15. The fraction of sp³-hybridized carbons (Fsp3) is 0.300. The average Bonchev–Trinajstić information content (AvgIpc) is 3.33. The first kappa shape index (κ1) is 21.4. The Labute approximate surface area is 178 Å². The monoisotopic (exact) mass is 449 g/mol. The van der Waals surface area contributed by atoms with Crippen molar-refractivity contribution in [1.29, 1.82) is 0 Å². The van der Waals surface area contributed by atoms with E-state index < -0.39 is 35.5 Å². The largest absolute Gasteiger partial charge is 0.465 e. The molecule has 32 heavy (non-hydrogen) atoms. The second-order valence-electron chi connectivity index (χ2n) is 7.47. The van der Waals surface area contributed by atoms with E-state index >= 15 is 0 Å². The fourth-order valence-corrected chi connectivity index (χ4v) is 3.84. The van der Waals surface area contributed by atoms with E-state index in [9.17, 15) is 27.6 Å². The molecule has 12 heteroatoms. The molecule has 3 heterocycles. The van der Waals surface area contributed by atoms with Gasteiger partial charge >= 0.3 is 12.3 Å². The lowest BCUT2D eigenvalue weighted by molar-refractivity contribution is -0.140. The lowest BCUT2D eigenvalue weighted by atomic mass is 10.1. The van der Waals surface area contributed by atoms with Crippen molar-refractivity contribution >= 4 is 17.6 Å². The molecule has 1 aliphatic rings. The minimum Gasteiger partial charge on any atom is -0.465 e. The summed E-state index contributed by atoms with van der Waals surface area (Å²) in [5.74, 6) is -0.812. The molecule has 4 rings (SSSR count). The molecule has 3 aromatic rings. The van der Waals surface area contributed by atoms with Crippen LogP contribution in [0.5, 0.6) is 0 Å². The van der Waals surface area contributed by atoms with Gasteiger partial charge in [0, 0.05) is 24.8 Å². The van der Waals surface area contributed by atoms with Crippen LogP contribution < -0.4 is 10.9 Å². The lowest BCUT2D eigenvalue weighted by Gasteiger charge is -2.14. The summed E-state index contributed by atoms with van der Waals surface area (Å²) < 4.78 is 41.7. The predicted molar refractivity (Wildman–Crippen MR) is 106 cm³/mol. The van der Waals surface area contributed by atoms with Gasteiger partial charge in [0.15, 0.2) is 5.69 Å². The smallest absolute Gasteiger partial charge is 0.435 e. The Morgan fingerprint density at radius 2 is 1.94 bits per heavy atom. The van der Waals surface area contributed by atoms with Gasteiger partial charge in [0.1, 0.15) is 11.2 Å². The van der Waals surface area contributed by atoms with Gasteiger partial charge in [0.05, 0.1) is 5.56 Å². The molecule has 1 saturated heterocycles. The molecule has 0 radical (unpaired) electrons. The molecule has 9 nitrogen and oxygen atoms in total. The maximum absolute atomic E-state index is 13.7. The molecule has 0 aliphatic carbocycles. The number of carbonyl (C=O) groups is 2. The highest BCUT2D eigenvalue weighted by Crippen LogP contribution is 2.38. The molecular formula is C20H18F3N5O4. The van der Waals surface area contributed by atoms with E-state index in [1.807, 2.05) is 0 Å². The minimum atomic E-state index is -4.84. The number of aromatic amines is 1. The highest BCUT2D eigenvalue weighted by atomic mass is 19.4. The van der Waals surface area contributed by atoms with E-state index in [1.54, 1.807) is 18.2 Å². The average molecular weight is 449 g/mol. The Morgan fingerprint density at radius 3 is 2.53 bits per heavy atom. The number of amides is 2. The molecule has 1 unspecified atom stereocenters. The Morgan fingerprint density at radius 1 is 1.25 bits per heavy atom. The molecule has 1 atom stereocenters. The number of aromatic nitrogens is 3. The molecule has 168 valence electrons. The number of hydrogen-bond donors (Lipinski definition) is 3. The number of carboxylic acid groups (broad SMARTS) is 1. The molecular weight excluding hydrogens is 431 g/mol. The molecule has 1 fully saturated rings. The number of likely N-dealkylation sites (tertiary alicyclic amines) is 1. The summed E-state index contributed by atoms with van der Waals surface area (Å²) in [4.78, 5) is 40.7. The van der Waals surface area contributed by atoms with Gasteiger partial charge in [-0.3, -0.25) is 9.59 Å². The fourth-order valence-electron chi connectivity index (χ4n) is 3.84. The van der Waals surface area contributed by atoms with E-state index in [1.165, 1.54) is 19.1 Å². The number of halogens is 3. The highest BCUT2D eigenvalue weighted by molar-refractivity contribution is 5.95. The second-order valence-corrected chi connectivity index (χ2v) is 7.47. The van der Waals surface area contributed by atoms with Crippen LogP contribution in [0, 0.1) is 6.92 Å². The SMILES string of the molecule is Cc1[nH]c2c(-c3ccccc3)c(C(F)(F)F)nn2c(=O)c1C(=O)NC1CCN(C(=O)O)C1. The number of hydrogen-bond acceptors (Lipinski definition) is 4. The summed E-state index contributed by atoms with van der Waals surface area (Å²) in [7, 11) is 0. The van der Waals surface area contributed by atoms with E-state index in [0.29, 0.717) is 10.9 Å². The Bertz CT molecular complexity index is 1270. The van der Waals surface area contributed by atoms with Gasteiger partial charge in [0.25, 0.3) is 11.5 Å². The number of rotatable bonds is 3. The standard InChI is InChI=1S/C20H18F3N5O4/c1-10-13(17(29)25-12-7-8-27(9-12)19(31)32)18(30)28-16(24-10)14(11-5-3-2-4-6-11)15(26-28)20(21,22)23/h2-6,12,24H,7-9H2,1H3,(H,25,29)(H,31,32). The third-order valence-electron chi connectivity index (χ3n) is 5.32. The Hall–Kier alpha value is -3.83. The molecule has 2 aromatic heterocycles. The van der Waals surface area contributed by atoms with Crippen LogP contribution in [0.2, 0.25) is 0 Å². The number of fused-ring (bicyclic) bond motifs is 1. The molecule has 0 bridgehead atoms. The van der Waals surface area contributed by atoms with Gasteiger partial charge in [-0.25, -0.2) is 4.79 Å². The summed E-state index contributed by atoms with van der Waals surface area (Å²) in [5, 5.41) is 15.1. The van der Waals surface area contributed by atoms with Gasteiger partial charge < -0.3 is 20.3 Å². The van der Waals surface area contributed by atoms with Gasteiger partial charge in [-0.1, -0.05) is 30.3 Å². The van der Waals surface area contributed by atoms with Crippen LogP contribution in [0.3, 0.4) is 0 Å². The number of carbonyl (C=O) groups excluding carboxylic acids is 1. The number of H-pyrrole nitrogens is 1. The summed E-state index contributed by atoms with van der Waals surface area (Å²) in [6.07, 6.45) is -5.60. The topological polar surface area (TPSA) is 120 Å². The zero-order valence-electron chi connectivity index (χ0n) is 16.7. The number of aryl methyl sites for hydroxylation is 1. The van der Waals surface area contributed by atoms with Gasteiger partial charge in [-0.05, 0) is 18.9 Å². The summed E-state index contributed by atoms with van der Waals surface area (Å²) >= 11 is 0. The number of benzene rings is 1. The first-order valence-electron chi connectivity index (χ1n) is 9.65. The van der Waals surface area contributed by atoms with Crippen LogP contribution in [0.4, 0.5) is 18.0 Å². The van der Waals surface area contributed by atoms with Crippen LogP contribution in [-0.2, 0) is 6.18 Å². The third kappa shape index (κ3) is 3.67. The number of alkyl halides is 3. The lowest BCUT2D eigenvalue weighted by Crippen LogP contribution is -2.41. The highest BCUT2D eigenvalue weighted by Gasteiger charge is 2.39. The van der Waals surface area contributed by atoms with Gasteiger partial charge in [-0.2, -0.15) is 22.8 Å². The maximum Gasteiger partial charge on any atom is 0.435 e. The summed E-state index contributed by atoms with van der Waals surface area (Å²) in [6, 6.07) is 7.19. The second kappa shape index (κ2) is 7.70. The van der Waals surface area contributed by atoms with Crippen LogP contribution in [0.25, 0.3) is 16.8 Å². The molecule has 0 spiro atoms. The summed E-state index contributed by atoms with van der Waals surface area (Å²) in [6.45, 7) is 1.69.